The van der Waals surface area contributed by atoms with E-state index in [9.17, 15) is 10.3 Å². The minimum atomic E-state index is -0.171. The van der Waals surface area contributed by atoms with Gasteiger partial charge in [0.15, 0.2) is 0 Å². The predicted molar refractivity (Wildman–Crippen MR) is 144 cm³/mol. The molecule has 0 aromatic rings. The molecule has 5 rings (SSSR count). The fourth-order valence-corrected chi connectivity index (χ4v) is 12.5. The molecule has 5 aliphatic rings. The van der Waals surface area contributed by atoms with Gasteiger partial charge in [0.2, 0.25) is 0 Å². The Balaban J connectivity index is 1.56. The van der Waals surface area contributed by atoms with E-state index in [4.69, 9.17) is 0 Å². The number of alkyl halides is 1. The smallest absolute Gasteiger partial charge is 0.0686 e. The molecular formula is C29H46INO2. The van der Waals surface area contributed by atoms with E-state index in [0.717, 1.165) is 25.2 Å². The number of nitrogens with zero attached hydrogens (tertiary/aromatic N) is 1. The Labute approximate surface area is 215 Å². The van der Waals surface area contributed by atoms with Crippen LogP contribution in [0.15, 0.2) is 17.3 Å². The van der Waals surface area contributed by atoms with Crippen molar-refractivity contribution >= 4 is 28.8 Å². The normalized spacial score (nSPS) is 58.3. The van der Waals surface area contributed by atoms with Gasteiger partial charge in [-0.2, -0.15) is 0 Å². The first kappa shape index (κ1) is 24.6. The Kier molecular flexibility index (Phi) is 5.74. The summed E-state index contributed by atoms with van der Waals surface area (Å²) >= 11 is 2.61. The molecule has 11 atom stereocenters. The standard InChI is InChI=1S/C29H46INO2/c1-18(2)19-9-14-29(17-31-33)16-15-26(4)20(24(19)29)7-8-21-25(3)12-11-23(32)28(6,30)22(25)10-13-27(21,26)5/h17,19-24,32-33H,1,7-16H2,2-6H3/b31-17+/t19-,20?,21?,22?,23?,24?,25+,26+,27+,28-,29?/m0/s1. The zero-order valence-corrected chi connectivity index (χ0v) is 23.7. The molecule has 5 saturated carbocycles. The molecule has 4 heteroatoms. The summed E-state index contributed by atoms with van der Waals surface area (Å²) in [6.07, 6.45) is 13.8. The first-order chi connectivity index (χ1) is 15.4. The van der Waals surface area contributed by atoms with Gasteiger partial charge in [0.25, 0.3) is 0 Å². The fourth-order valence-electron chi connectivity index (χ4n) is 11.1. The van der Waals surface area contributed by atoms with Crippen molar-refractivity contribution in [3.05, 3.63) is 12.2 Å². The second-order valence-electron chi connectivity index (χ2n) is 13.9. The monoisotopic (exact) mass is 567 g/mol. The Bertz CT molecular complexity index is 855. The van der Waals surface area contributed by atoms with Gasteiger partial charge in [-0.15, -0.1) is 5.16 Å². The molecule has 3 nitrogen and oxygen atoms in total. The van der Waals surface area contributed by atoms with Crippen molar-refractivity contribution < 1.29 is 10.3 Å². The molecule has 33 heavy (non-hydrogen) atoms. The lowest BCUT2D eigenvalue weighted by Gasteiger charge is -2.72. The van der Waals surface area contributed by atoms with E-state index in [1.54, 1.807) is 0 Å². The van der Waals surface area contributed by atoms with Gasteiger partial charge in [-0.05, 0) is 124 Å². The zero-order valence-electron chi connectivity index (χ0n) is 21.5. The first-order valence-electron chi connectivity index (χ1n) is 13.6. The molecule has 186 valence electrons. The second kappa shape index (κ2) is 7.70. The number of aliphatic hydroxyl groups is 1. The highest BCUT2D eigenvalue weighted by molar-refractivity contribution is 14.1. The zero-order chi connectivity index (χ0) is 24.0. The number of rotatable bonds is 2. The Hall–Kier alpha value is -0.100. The SMILES string of the molecule is C=C(C)[C@@H]1CCC2(/C=N/O)CC[C@]3(C)C(CCC4[C@@]5(C)CCC(O)[C@@](C)(I)C5CC[C@]43C)C12. The number of aliphatic hydroxyl groups excluding tert-OH is 1. The maximum absolute atomic E-state index is 10.9. The van der Waals surface area contributed by atoms with Gasteiger partial charge in [0.05, 0.1) is 12.3 Å². The number of hydrogen-bond donors (Lipinski definition) is 2. The quantitative estimate of drug-likeness (QED) is 0.0900. The van der Waals surface area contributed by atoms with Crippen LogP contribution in [0.5, 0.6) is 0 Å². The largest absolute Gasteiger partial charge is 0.411 e. The molecule has 5 fully saturated rings. The molecule has 0 aromatic carbocycles. The maximum Gasteiger partial charge on any atom is 0.0686 e. The fraction of sp³-hybridized carbons (Fsp3) is 0.897. The van der Waals surface area contributed by atoms with Gasteiger partial charge in [-0.3, -0.25) is 0 Å². The lowest BCUT2D eigenvalue weighted by molar-refractivity contribution is -0.225. The molecule has 5 aliphatic carbocycles. The van der Waals surface area contributed by atoms with Crippen LogP contribution in [0.3, 0.4) is 0 Å². The van der Waals surface area contributed by atoms with Gasteiger partial charge in [-0.1, -0.05) is 55.5 Å². The third kappa shape index (κ3) is 3.04. The van der Waals surface area contributed by atoms with E-state index in [1.807, 2.05) is 6.21 Å². The molecule has 0 aromatic heterocycles. The van der Waals surface area contributed by atoms with Crippen LogP contribution in [0, 0.1) is 51.2 Å². The van der Waals surface area contributed by atoms with Crippen molar-refractivity contribution in [2.24, 2.45) is 56.4 Å². The summed E-state index contributed by atoms with van der Waals surface area (Å²) in [5.74, 6) is 3.13. The van der Waals surface area contributed by atoms with Crippen molar-refractivity contribution in [3.8, 4) is 0 Å². The predicted octanol–water partition coefficient (Wildman–Crippen LogP) is 7.63. The number of oxime groups is 1. The number of fused-ring (bicyclic) bond motifs is 7. The van der Waals surface area contributed by atoms with Crippen molar-refractivity contribution in [1.82, 2.24) is 0 Å². The van der Waals surface area contributed by atoms with Gasteiger partial charge in [0, 0.05) is 8.84 Å². The third-order valence-corrected chi connectivity index (χ3v) is 14.5. The van der Waals surface area contributed by atoms with Crippen LogP contribution in [0.2, 0.25) is 0 Å². The van der Waals surface area contributed by atoms with Gasteiger partial charge >= 0.3 is 0 Å². The molecule has 0 spiro atoms. The molecule has 0 bridgehead atoms. The molecule has 6 unspecified atom stereocenters. The molecular weight excluding hydrogens is 521 g/mol. The summed E-state index contributed by atoms with van der Waals surface area (Å²) in [5, 5.41) is 24.2. The summed E-state index contributed by atoms with van der Waals surface area (Å²) in [6, 6.07) is 0. The lowest BCUT2D eigenvalue weighted by atomic mass is 9.33. The average molecular weight is 568 g/mol. The Morgan fingerprint density at radius 2 is 1.64 bits per heavy atom. The highest BCUT2D eigenvalue weighted by Crippen LogP contribution is 2.77. The van der Waals surface area contributed by atoms with Crippen LogP contribution in [-0.4, -0.2) is 26.1 Å². The second-order valence-corrected chi connectivity index (χ2v) is 16.2. The summed E-state index contributed by atoms with van der Waals surface area (Å²) in [4.78, 5) is 0. The number of hydrogen-bond acceptors (Lipinski definition) is 3. The minimum absolute atomic E-state index is 0.0142. The van der Waals surface area contributed by atoms with Gasteiger partial charge in [-0.25, -0.2) is 0 Å². The van der Waals surface area contributed by atoms with E-state index in [2.05, 4.69) is 68.9 Å². The van der Waals surface area contributed by atoms with E-state index < -0.39 is 0 Å². The Morgan fingerprint density at radius 3 is 2.30 bits per heavy atom. The summed E-state index contributed by atoms with van der Waals surface area (Å²) < 4.78 is -0.0142. The summed E-state index contributed by atoms with van der Waals surface area (Å²) in [5.41, 5.74) is 2.36. The van der Waals surface area contributed by atoms with Crippen molar-refractivity contribution in [3.63, 3.8) is 0 Å². The van der Waals surface area contributed by atoms with Crippen molar-refractivity contribution in [1.29, 1.82) is 0 Å². The molecule has 0 aliphatic heterocycles. The number of halogens is 1. The summed E-state index contributed by atoms with van der Waals surface area (Å²) in [6.45, 7) is 16.9. The van der Waals surface area contributed by atoms with E-state index in [-0.39, 0.29) is 14.9 Å². The van der Waals surface area contributed by atoms with Crippen molar-refractivity contribution in [2.45, 2.75) is 108 Å². The van der Waals surface area contributed by atoms with Crippen LogP contribution in [0.25, 0.3) is 0 Å². The Morgan fingerprint density at radius 1 is 0.909 bits per heavy atom. The van der Waals surface area contributed by atoms with Crippen LogP contribution >= 0.6 is 22.6 Å². The number of allylic oxidation sites excluding steroid dienone is 1. The molecule has 0 heterocycles. The molecule has 2 N–H and O–H groups in total. The maximum atomic E-state index is 10.9. The molecule has 0 radical (unpaired) electrons. The van der Waals surface area contributed by atoms with E-state index in [0.29, 0.717) is 39.9 Å². The van der Waals surface area contributed by atoms with E-state index in [1.165, 1.54) is 50.5 Å². The average Bonchev–Trinajstić information content (AvgIpc) is 3.12. The van der Waals surface area contributed by atoms with Crippen LogP contribution in [0.1, 0.15) is 98.8 Å². The minimum Gasteiger partial charge on any atom is -0.411 e. The van der Waals surface area contributed by atoms with E-state index >= 15 is 0 Å². The van der Waals surface area contributed by atoms with Gasteiger partial charge < -0.3 is 10.3 Å². The molecule has 0 amide bonds. The van der Waals surface area contributed by atoms with Crippen LogP contribution < -0.4 is 0 Å². The van der Waals surface area contributed by atoms with Crippen molar-refractivity contribution in [2.75, 3.05) is 0 Å². The first-order valence-corrected chi connectivity index (χ1v) is 14.7. The topological polar surface area (TPSA) is 52.8 Å². The van der Waals surface area contributed by atoms with Crippen LogP contribution in [-0.2, 0) is 0 Å². The third-order valence-electron chi connectivity index (χ3n) is 13.0. The van der Waals surface area contributed by atoms with Crippen LogP contribution in [0.4, 0.5) is 0 Å². The highest BCUT2D eigenvalue weighted by atomic mass is 127. The van der Waals surface area contributed by atoms with Gasteiger partial charge in [0.1, 0.15) is 0 Å². The molecule has 0 saturated heterocycles. The lowest BCUT2D eigenvalue weighted by Crippen LogP contribution is -2.67. The highest BCUT2D eigenvalue weighted by Gasteiger charge is 2.70. The summed E-state index contributed by atoms with van der Waals surface area (Å²) in [7, 11) is 0.